The average Bonchev–Trinajstić information content (AvgIpc) is 3.00. The molecule has 7 nitrogen and oxygen atoms in total. The van der Waals surface area contributed by atoms with E-state index in [2.05, 4.69) is 15.1 Å². The van der Waals surface area contributed by atoms with Gasteiger partial charge in [0.05, 0.1) is 0 Å². The lowest BCUT2D eigenvalue weighted by molar-refractivity contribution is -0.144. The van der Waals surface area contributed by atoms with Crippen LogP contribution in [0.4, 0.5) is 13.2 Å². The lowest BCUT2D eigenvalue weighted by Crippen LogP contribution is -2.13. The molecule has 0 unspecified atom stereocenters. The van der Waals surface area contributed by atoms with Crippen molar-refractivity contribution >= 4 is 15.6 Å². The summed E-state index contributed by atoms with van der Waals surface area (Å²) in [6.45, 7) is 0. The molecule has 0 aromatic carbocycles. The summed E-state index contributed by atoms with van der Waals surface area (Å²) in [6.07, 6.45) is 1.26. The highest BCUT2D eigenvalue weighted by atomic mass is 32.2. The zero-order valence-electron chi connectivity index (χ0n) is 12.9. The van der Waals surface area contributed by atoms with Crippen LogP contribution < -0.4 is 5.14 Å². The van der Waals surface area contributed by atoms with Crippen LogP contribution in [-0.4, -0.2) is 28.2 Å². The van der Waals surface area contributed by atoms with E-state index in [0.717, 1.165) is 36.2 Å². The second-order valence-corrected chi connectivity index (χ2v) is 7.10. The minimum atomic E-state index is -4.70. The van der Waals surface area contributed by atoms with Gasteiger partial charge in [0.1, 0.15) is 4.90 Å². The van der Waals surface area contributed by atoms with E-state index in [4.69, 9.17) is 5.14 Å². The number of alkyl halides is 3. The van der Waals surface area contributed by atoms with Gasteiger partial charge >= 0.3 is 6.18 Å². The summed E-state index contributed by atoms with van der Waals surface area (Å²) in [7, 11) is -3.95. The van der Waals surface area contributed by atoms with Gasteiger partial charge in [-0.25, -0.2) is 23.5 Å². The molecular weight excluding hydrogens is 359 g/mol. The van der Waals surface area contributed by atoms with Crippen LogP contribution in [0, 0.1) is 0 Å². The maximum Gasteiger partial charge on any atom is 0.453 e. The molecule has 1 aliphatic carbocycles. The normalized spacial score (nSPS) is 15.9. The molecule has 0 saturated heterocycles. The summed E-state index contributed by atoms with van der Waals surface area (Å²) in [4.78, 5) is 7.26. The van der Waals surface area contributed by atoms with Crippen molar-refractivity contribution in [3.63, 3.8) is 0 Å². The van der Waals surface area contributed by atoms with Gasteiger partial charge in [0.2, 0.25) is 10.0 Å². The molecule has 0 spiro atoms. The standard InChI is InChI=1S/C14H14F3N5O2S/c15-14(16,17)13-20-12(9-4-2-1-3-5-9)22(21-13)11-7-6-10(8-19-11)25(18,23)24/h4,6-8H,1-3,5H2,(H2,18,23,24). The summed E-state index contributed by atoms with van der Waals surface area (Å²) in [6, 6.07) is 2.40. The number of rotatable bonds is 3. The molecule has 2 heterocycles. The van der Waals surface area contributed by atoms with Crippen molar-refractivity contribution in [2.24, 2.45) is 5.14 Å². The molecule has 0 amide bonds. The van der Waals surface area contributed by atoms with Gasteiger partial charge in [0, 0.05) is 6.20 Å². The van der Waals surface area contributed by atoms with Crippen LogP contribution in [0.2, 0.25) is 0 Å². The SMILES string of the molecule is NS(=O)(=O)c1ccc(-n2nc(C(F)(F)F)nc2C2=CCCCC2)nc1. The van der Waals surface area contributed by atoms with Gasteiger partial charge in [-0.15, -0.1) is 5.10 Å². The minimum Gasteiger partial charge on any atom is -0.236 e. The van der Waals surface area contributed by atoms with Crippen LogP contribution in [0.5, 0.6) is 0 Å². The van der Waals surface area contributed by atoms with Crippen LogP contribution in [0.25, 0.3) is 11.4 Å². The molecule has 134 valence electrons. The third kappa shape index (κ3) is 3.71. The predicted octanol–water partition coefficient (Wildman–Crippen LogP) is 2.29. The summed E-state index contributed by atoms with van der Waals surface area (Å²) in [5.41, 5.74) is 0.659. The zero-order valence-corrected chi connectivity index (χ0v) is 13.7. The molecule has 3 rings (SSSR count). The number of aromatic nitrogens is 4. The molecule has 11 heteroatoms. The zero-order chi connectivity index (χ0) is 18.2. The second kappa shape index (κ2) is 6.23. The van der Waals surface area contributed by atoms with Gasteiger partial charge < -0.3 is 0 Å². The monoisotopic (exact) mass is 373 g/mol. The highest BCUT2D eigenvalue weighted by Crippen LogP contribution is 2.31. The first kappa shape index (κ1) is 17.5. The summed E-state index contributed by atoms with van der Waals surface area (Å²) in [5.74, 6) is -1.19. The Bertz CT molecular complexity index is 917. The van der Waals surface area contributed by atoms with E-state index in [9.17, 15) is 21.6 Å². The maximum absolute atomic E-state index is 13.0. The first-order chi connectivity index (χ1) is 11.7. The summed E-state index contributed by atoms with van der Waals surface area (Å²) < 4.78 is 62.6. The first-order valence-electron chi connectivity index (χ1n) is 7.39. The lowest BCUT2D eigenvalue weighted by atomic mass is 9.99. The molecule has 0 fully saturated rings. The number of hydrogen-bond acceptors (Lipinski definition) is 5. The largest absolute Gasteiger partial charge is 0.453 e. The third-order valence-electron chi connectivity index (χ3n) is 3.71. The van der Waals surface area contributed by atoms with Gasteiger partial charge in [0.25, 0.3) is 5.82 Å². The van der Waals surface area contributed by atoms with E-state index in [0.29, 0.717) is 12.0 Å². The number of halogens is 3. The van der Waals surface area contributed by atoms with Crippen molar-refractivity contribution in [3.8, 4) is 5.82 Å². The molecule has 0 aliphatic heterocycles. The van der Waals surface area contributed by atoms with Crippen molar-refractivity contribution in [1.29, 1.82) is 0 Å². The first-order valence-corrected chi connectivity index (χ1v) is 8.94. The molecule has 2 N–H and O–H groups in total. The van der Waals surface area contributed by atoms with Crippen LogP contribution in [0.1, 0.15) is 37.3 Å². The number of allylic oxidation sites excluding steroid dienone is 2. The number of nitrogens with zero attached hydrogens (tertiary/aromatic N) is 4. The van der Waals surface area contributed by atoms with Gasteiger partial charge in [-0.2, -0.15) is 17.9 Å². The van der Waals surface area contributed by atoms with E-state index in [-0.39, 0.29) is 16.5 Å². The topological polar surface area (TPSA) is 104 Å². The fourth-order valence-corrected chi connectivity index (χ4v) is 2.96. The average molecular weight is 373 g/mol. The fraction of sp³-hybridized carbons (Fsp3) is 0.357. The molecule has 0 atom stereocenters. The fourth-order valence-electron chi connectivity index (χ4n) is 2.51. The van der Waals surface area contributed by atoms with Crippen molar-refractivity contribution in [1.82, 2.24) is 19.7 Å². The van der Waals surface area contributed by atoms with E-state index >= 15 is 0 Å². The number of sulfonamides is 1. The Kier molecular flexibility index (Phi) is 4.37. The lowest BCUT2D eigenvalue weighted by Gasteiger charge is -2.12. The molecule has 25 heavy (non-hydrogen) atoms. The summed E-state index contributed by atoms with van der Waals surface area (Å²) >= 11 is 0. The van der Waals surface area contributed by atoms with Crippen LogP contribution in [0.15, 0.2) is 29.3 Å². The Hall–Kier alpha value is -2.27. The predicted molar refractivity (Wildman–Crippen MR) is 82.0 cm³/mol. The smallest absolute Gasteiger partial charge is 0.236 e. The van der Waals surface area contributed by atoms with E-state index in [1.54, 1.807) is 0 Å². The Morgan fingerprint density at radius 1 is 1.20 bits per heavy atom. The number of hydrogen-bond donors (Lipinski definition) is 1. The Morgan fingerprint density at radius 2 is 1.96 bits per heavy atom. The Labute approximate surface area is 141 Å². The summed E-state index contributed by atoms with van der Waals surface area (Å²) in [5, 5.41) is 8.51. The number of nitrogens with two attached hydrogens (primary N) is 1. The maximum atomic E-state index is 13.0. The third-order valence-corrected chi connectivity index (χ3v) is 4.60. The van der Waals surface area contributed by atoms with Crippen LogP contribution >= 0.6 is 0 Å². The van der Waals surface area contributed by atoms with Crippen molar-refractivity contribution in [2.45, 2.75) is 36.8 Å². The second-order valence-electron chi connectivity index (χ2n) is 5.54. The van der Waals surface area contributed by atoms with E-state index in [1.165, 1.54) is 6.07 Å². The number of pyridine rings is 1. The van der Waals surface area contributed by atoms with Crippen LogP contribution in [-0.2, 0) is 16.2 Å². The van der Waals surface area contributed by atoms with E-state index in [1.807, 2.05) is 6.08 Å². The van der Waals surface area contributed by atoms with Gasteiger partial charge in [-0.1, -0.05) is 6.08 Å². The molecule has 0 radical (unpaired) electrons. The Balaban J connectivity index is 2.11. The molecule has 2 aromatic heterocycles. The highest BCUT2D eigenvalue weighted by Gasteiger charge is 2.38. The quantitative estimate of drug-likeness (QED) is 0.889. The van der Waals surface area contributed by atoms with Gasteiger partial charge in [-0.05, 0) is 43.4 Å². The van der Waals surface area contributed by atoms with Crippen molar-refractivity contribution in [2.75, 3.05) is 0 Å². The Morgan fingerprint density at radius 3 is 2.48 bits per heavy atom. The molecule has 0 bridgehead atoms. The molecular formula is C14H14F3N5O2S. The van der Waals surface area contributed by atoms with Gasteiger partial charge in [-0.3, -0.25) is 0 Å². The van der Waals surface area contributed by atoms with Crippen molar-refractivity contribution < 1.29 is 21.6 Å². The van der Waals surface area contributed by atoms with Crippen molar-refractivity contribution in [3.05, 3.63) is 36.1 Å². The minimum absolute atomic E-state index is 0.0249. The van der Waals surface area contributed by atoms with Gasteiger partial charge in [0.15, 0.2) is 11.6 Å². The molecule has 0 saturated carbocycles. The number of primary sulfonamides is 1. The van der Waals surface area contributed by atoms with E-state index < -0.39 is 22.0 Å². The molecule has 1 aliphatic rings. The highest BCUT2D eigenvalue weighted by molar-refractivity contribution is 7.89. The molecule has 2 aromatic rings. The van der Waals surface area contributed by atoms with Crippen LogP contribution in [0.3, 0.4) is 0 Å².